The standard InChI is InChI=1S/C41H76O13/c1-4-5-6-7-8-9-10-40-11-13-41(14-12-40)54-38-36-52-34-32-50-30-28-48-26-24-46-22-20-44-18-16-42-15-17-43-19-21-45-23-25-47-27-29-49-31-33-51-35-37-53-39(2)3/h11-14,39H,4-10,15-38H2,1-3H3. The van der Waals surface area contributed by atoms with Gasteiger partial charge in [-0.05, 0) is 44.4 Å². The number of aryl methyl sites for hydroxylation is 1. The molecule has 0 N–H and O–H groups in total. The molecule has 0 aliphatic rings. The molecule has 0 atom stereocenters. The van der Waals surface area contributed by atoms with Crippen molar-refractivity contribution < 1.29 is 61.6 Å². The van der Waals surface area contributed by atoms with E-state index in [1.54, 1.807) is 0 Å². The van der Waals surface area contributed by atoms with Gasteiger partial charge in [-0.1, -0.05) is 51.2 Å². The highest BCUT2D eigenvalue weighted by atomic mass is 16.6. The van der Waals surface area contributed by atoms with Crippen molar-refractivity contribution in [2.75, 3.05) is 159 Å². The Balaban J connectivity index is 1.67. The van der Waals surface area contributed by atoms with Crippen LogP contribution in [0.4, 0.5) is 0 Å². The SMILES string of the molecule is CCCCCCCCc1ccc(OCCOCCOCCOCCOCCOCCOCCOCCOCCOCCOCCOCCOC(C)C)cc1. The van der Waals surface area contributed by atoms with Crippen LogP contribution in [0.3, 0.4) is 0 Å². The van der Waals surface area contributed by atoms with Crippen molar-refractivity contribution in [2.24, 2.45) is 0 Å². The van der Waals surface area contributed by atoms with E-state index in [0.29, 0.717) is 159 Å². The Morgan fingerprint density at radius 2 is 0.648 bits per heavy atom. The topological polar surface area (TPSA) is 120 Å². The highest BCUT2D eigenvalue weighted by molar-refractivity contribution is 5.27. The van der Waals surface area contributed by atoms with Gasteiger partial charge < -0.3 is 61.6 Å². The third-order valence-corrected chi connectivity index (χ3v) is 7.64. The van der Waals surface area contributed by atoms with E-state index >= 15 is 0 Å². The average Bonchev–Trinajstić information content (AvgIpc) is 3.17. The molecule has 0 radical (unpaired) electrons. The lowest BCUT2D eigenvalue weighted by molar-refractivity contribution is -0.0294. The van der Waals surface area contributed by atoms with Crippen molar-refractivity contribution >= 4 is 0 Å². The smallest absolute Gasteiger partial charge is 0.119 e. The zero-order valence-electron chi connectivity index (χ0n) is 34.1. The maximum absolute atomic E-state index is 5.78. The molecule has 0 fully saturated rings. The minimum absolute atomic E-state index is 0.230. The molecule has 318 valence electrons. The fraction of sp³-hybridized carbons (Fsp3) is 0.854. The van der Waals surface area contributed by atoms with Gasteiger partial charge in [0.15, 0.2) is 0 Å². The summed E-state index contributed by atoms with van der Waals surface area (Å²) in [4.78, 5) is 0. The van der Waals surface area contributed by atoms with Crippen LogP contribution < -0.4 is 4.74 Å². The lowest BCUT2D eigenvalue weighted by atomic mass is 10.0. The number of hydrogen-bond donors (Lipinski definition) is 0. The summed E-state index contributed by atoms with van der Waals surface area (Å²) in [6, 6.07) is 8.44. The van der Waals surface area contributed by atoms with Gasteiger partial charge in [-0.25, -0.2) is 0 Å². The third kappa shape index (κ3) is 38.8. The largest absolute Gasteiger partial charge is 0.491 e. The Labute approximate surface area is 327 Å². The molecule has 13 heteroatoms. The summed E-state index contributed by atoms with van der Waals surface area (Å²) in [6.07, 6.45) is 9.31. The van der Waals surface area contributed by atoms with Gasteiger partial charge in [-0.15, -0.1) is 0 Å². The van der Waals surface area contributed by atoms with Gasteiger partial charge in [0, 0.05) is 0 Å². The first kappa shape index (κ1) is 50.6. The molecule has 0 spiro atoms. The number of rotatable bonds is 45. The quantitative estimate of drug-likeness (QED) is 0.0769. The van der Waals surface area contributed by atoms with Gasteiger partial charge in [0.05, 0.1) is 158 Å². The molecule has 0 aromatic heterocycles. The molecule has 54 heavy (non-hydrogen) atoms. The van der Waals surface area contributed by atoms with Crippen LogP contribution in [-0.2, 0) is 63.3 Å². The molecule has 0 saturated heterocycles. The Hall–Kier alpha value is -1.46. The van der Waals surface area contributed by atoms with Crippen molar-refractivity contribution in [3.63, 3.8) is 0 Å². The van der Waals surface area contributed by atoms with E-state index in [1.165, 1.54) is 44.1 Å². The normalized spacial score (nSPS) is 11.6. The van der Waals surface area contributed by atoms with E-state index in [0.717, 1.165) is 12.2 Å². The van der Waals surface area contributed by atoms with E-state index in [9.17, 15) is 0 Å². The molecular formula is C41H76O13. The zero-order chi connectivity index (χ0) is 38.7. The van der Waals surface area contributed by atoms with Gasteiger partial charge in [-0.3, -0.25) is 0 Å². The number of unbranched alkanes of at least 4 members (excludes halogenated alkanes) is 5. The fourth-order valence-corrected chi connectivity index (χ4v) is 4.72. The Bertz CT molecular complexity index is 847. The van der Waals surface area contributed by atoms with Crippen molar-refractivity contribution in [1.82, 2.24) is 0 Å². The Kier molecular flexibility index (Phi) is 40.0. The number of benzene rings is 1. The van der Waals surface area contributed by atoms with Crippen LogP contribution in [0.25, 0.3) is 0 Å². The number of hydrogen-bond acceptors (Lipinski definition) is 13. The Morgan fingerprint density at radius 3 is 0.981 bits per heavy atom. The Morgan fingerprint density at radius 1 is 0.352 bits per heavy atom. The van der Waals surface area contributed by atoms with E-state index < -0.39 is 0 Å². The average molecular weight is 777 g/mol. The van der Waals surface area contributed by atoms with Crippen molar-refractivity contribution in [3.8, 4) is 5.75 Å². The lowest BCUT2D eigenvalue weighted by Gasteiger charge is -2.09. The van der Waals surface area contributed by atoms with Gasteiger partial charge >= 0.3 is 0 Å². The first-order chi connectivity index (χ1) is 26.7. The summed E-state index contributed by atoms with van der Waals surface area (Å²) in [5.41, 5.74) is 1.38. The van der Waals surface area contributed by atoms with Gasteiger partial charge in [0.1, 0.15) is 12.4 Å². The van der Waals surface area contributed by atoms with Crippen LogP contribution >= 0.6 is 0 Å². The maximum Gasteiger partial charge on any atom is 0.119 e. The van der Waals surface area contributed by atoms with Crippen LogP contribution in [0.1, 0.15) is 64.9 Å². The summed E-state index contributed by atoms with van der Waals surface area (Å²) in [6.45, 7) is 18.9. The van der Waals surface area contributed by atoms with Crippen molar-refractivity contribution in [1.29, 1.82) is 0 Å². The molecule has 0 unspecified atom stereocenters. The second-order valence-electron chi connectivity index (χ2n) is 12.7. The monoisotopic (exact) mass is 777 g/mol. The fourth-order valence-electron chi connectivity index (χ4n) is 4.72. The second-order valence-corrected chi connectivity index (χ2v) is 12.7. The van der Waals surface area contributed by atoms with E-state index in [2.05, 4.69) is 31.2 Å². The summed E-state index contributed by atoms with van der Waals surface area (Å²) in [5, 5.41) is 0. The molecule has 0 aliphatic carbocycles. The first-order valence-corrected chi connectivity index (χ1v) is 20.4. The molecule has 0 aliphatic heterocycles. The van der Waals surface area contributed by atoms with E-state index in [1.807, 2.05) is 13.8 Å². The van der Waals surface area contributed by atoms with Crippen LogP contribution in [-0.4, -0.2) is 165 Å². The molecule has 0 saturated carbocycles. The molecule has 1 aromatic rings. The molecule has 0 amide bonds. The molecule has 0 heterocycles. The number of ether oxygens (including phenoxy) is 13. The maximum atomic E-state index is 5.78. The van der Waals surface area contributed by atoms with Gasteiger partial charge in [0.2, 0.25) is 0 Å². The van der Waals surface area contributed by atoms with Crippen molar-refractivity contribution in [2.45, 2.75) is 71.8 Å². The molecular weight excluding hydrogens is 700 g/mol. The minimum atomic E-state index is 0.230. The summed E-state index contributed by atoms with van der Waals surface area (Å²) in [7, 11) is 0. The second kappa shape index (κ2) is 42.7. The minimum Gasteiger partial charge on any atom is -0.491 e. The summed E-state index contributed by atoms with van der Waals surface area (Å²) < 4.78 is 71.7. The molecule has 13 nitrogen and oxygen atoms in total. The highest BCUT2D eigenvalue weighted by Crippen LogP contribution is 2.15. The predicted molar refractivity (Wildman–Crippen MR) is 209 cm³/mol. The third-order valence-electron chi connectivity index (χ3n) is 7.64. The summed E-state index contributed by atoms with van der Waals surface area (Å²) >= 11 is 0. The first-order valence-electron chi connectivity index (χ1n) is 20.4. The van der Waals surface area contributed by atoms with Crippen molar-refractivity contribution in [3.05, 3.63) is 29.8 Å². The van der Waals surface area contributed by atoms with Crippen LogP contribution in [0.15, 0.2) is 24.3 Å². The molecule has 0 bridgehead atoms. The predicted octanol–water partition coefficient (Wildman–Crippen LogP) is 5.58. The zero-order valence-corrected chi connectivity index (χ0v) is 34.1. The lowest BCUT2D eigenvalue weighted by Crippen LogP contribution is -2.15. The van der Waals surface area contributed by atoms with Crippen LogP contribution in [0, 0.1) is 0 Å². The molecule has 1 rings (SSSR count). The van der Waals surface area contributed by atoms with Crippen LogP contribution in [0.2, 0.25) is 0 Å². The van der Waals surface area contributed by atoms with Gasteiger partial charge in [0.25, 0.3) is 0 Å². The van der Waals surface area contributed by atoms with E-state index in [4.69, 9.17) is 61.6 Å². The highest BCUT2D eigenvalue weighted by Gasteiger charge is 2.00. The van der Waals surface area contributed by atoms with Gasteiger partial charge in [-0.2, -0.15) is 0 Å². The van der Waals surface area contributed by atoms with E-state index in [-0.39, 0.29) is 6.10 Å². The summed E-state index contributed by atoms with van der Waals surface area (Å²) in [5.74, 6) is 0.885. The van der Waals surface area contributed by atoms with Crippen LogP contribution in [0.5, 0.6) is 5.75 Å². The molecule has 1 aromatic carbocycles.